The maximum absolute atomic E-state index is 13.0. The summed E-state index contributed by atoms with van der Waals surface area (Å²) in [6.07, 6.45) is 6.66. The lowest BCUT2D eigenvalue weighted by atomic mass is 9.93. The number of benzene rings is 1. The number of rotatable bonds is 6. The first-order valence-corrected chi connectivity index (χ1v) is 10.3. The minimum Gasteiger partial charge on any atom is -0.491 e. The number of carbonyl (C=O) groups excluding carboxylic acids is 1. The van der Waals surface area contributed by atoms with E-state index in [0.717, 1.165) is 38.5 Å². The lowest BCUT2D eigenvalue weighted by molar-refractivity contribution is -0.125. The second-order valence-electron chi connectivity index (χ2n) is 7.47. The molecule has 1 aromatic rings. The number of hydrogen-bond acceptors (Lipinski definition) is 4. The summed E-state index contributed by atoms with van der Waals surface area (Å²) < 4.78 is 30.1. The molecule has 0 spiro atoms. The van der Waals surface area contributed by atoms with Gasteiger partial charge in [0.15, 0.2) is 0 Å². The van der Waals surface area contributed by atoms with Crippen molar-refractivity contribution in [2.75, 3.05) is 19.8 Å². The fraction of sp³-hybridized carbons (Fsp3) is 0.609. The van der Waals surface area contributed by atoms with Gasteiger partial charge in [-0.15, -0.1) is 5.92 Å². The molecule has 0 N–H and O–H groups in total. The Morgan fingerprint density at radius 3 is 2.64 bits per heavy atom. The lowest BCUT2D eigenvalue weighted by Gasteiger charge is -2.20. The van der Waals surface area contributed by atoms with E-state index in [-0.39, 0.29) is 23.9 Å². The molecule has 5 heteroatoms. The molecule has 0 amide bonds. The summed E-state index contributed by atoms with van der Waals surface area (Å²) in [6.45, 7) is 1.82. The SMILES string of the molecule is O=C(CCC#C[C@@H]1CCCC[C@@H](COc2ccc(F)cc2)O1)C1CCOCC1. The van der Waals surface area contributed by atoms with Crippen LogP contribution in [-0.4, -0.2) is 37.8 Å². The van der Waals surface area contributed by atoms with Gasteiger partial charge < -0.3 is 14.2 Å². The quantitative estimate of drug-likeness (QED) is 0.681. The molecule has 1 aromatic carbocycles. The number of hydrogen-bond donors (Lipinski definition) is 0. The van der Waals surface area contributed by atoms with Gasteiger partial charge in [-0.1, -0.05) is 12.3 Å². The maximum atomic E-state index is 13.0. The van der Waals surface area contributed by atoms with E-state index in [1.54, 1.807) is 12.1 Å². The van der Waals surface area contributed by atoms with Crippen molar-refractivity contribution in [1.29, 1.82) is 0 Å². The number of Topliss-reactive ketones (excluding diaryl/α,β-unsaturated/α-hetero) is 1. The Hall–Kier alpha value is -1.90. The van der Waals surface area contributed by atoms with E-state index in [1.807, 2.05) is 0 Å². The van der Waals surface area contributed by atoms with Gasteiger partial charge in [0.2, 0.25) is 0 Å². The van der Waals surface area contributed by atoms with Crippen LogP contribution in [0.5, 0.6) is 5.75 Å². The Bertz CT molecular complexity index is 670. The van der Waals surface area contributed by atoms with Crippen molar-refractivity contribution in [3.8, 4) is 17.6 Å². The van der Waals surface area contributed by atoms with Gasteiger partial charge in [0.05, 0.1) is 6.10 Å². The first kappa shape index (κ1) is 20.8. The van der Waals surface area contributed by atoms with Crippen LogP contribution in [0.1, 0.15) is 51.4 Å². The zero-order valence-corrected chi connectivity index (χ0v) is 16.3. The Labute approximate surface area is 166 Å². The van der Waals surface area contributed by atoms with Crippen molar-refractivity contribution in [1.82, 2.24) is 0 Å². The summed E-state index contributed by atoms with van der Waals surface area (Å²) in [7, 11) is 0. The Kier molecular flexibility index (Phi) is 8.32. The number of ketones is 1. The standard InChI is InChI=1S/C23H29FO4/c24-19-9-11-20(12-10-19)27-17-22-7-2-1-5-21(28-22)6-3-4-8-23(25)18-13-15-26-16-14-18/h9-12,18,21-22H,1-2,4-5,7-8,13-17H2/t21-,22-/m0/s1. The molecule has 2 aliphatic heterocycles. The maximum Gasteiger partial charge on any atom is 0.137 e. The van der Waals surface area contributed by atoms with Gasteiger partial charge >= 0.3 is 0 Å². The fourth-order valence-electron chi connectivity index (χ4n) is 3.61. The largest absolute Gasteiger partial charge is 0.491 e. The van der Waals surface area contributed by atoms with Crippen LogP contribution in [0.15, 0.2) is 24.3 Å². The van der Waals surface area contributed by atoms with Crippen molar-refractivity contribution in [2.24, 2.45) is 5.92 Å². The molecule has 2 fully saturated rings. The summed E-state index contributed by atoms with van der Waals surface area (Å²) >= 11 is 0. The third kappa shape index (κ3) is 6.92. The molecular weight excluding hydrogens is 359 g/mol. The van der Waals surface area contributed by atoms with E-state index in [1.165, 1.54) is 12.1 Å². The summed E-state index contributed by atoms with van der Waals surface area (Å²) in [5.41, 5.74) is 0. The Morgan fingerprint density at radius 1 is 1.11 bits per heavy atom. The topological polar surface area (TPSA) is 44.8 Å². The molecule has 0 bridgehead atoms. The molecule has 0 aliphatic carbocycles. The Balaban J connectivity index is 1.41. The van der Waals surface area contributed by atoms with Crippen molar-refractivity contribution in [2.45, 2.75) is 63.6 Å². The van der Waals surface area contributed by atoms with Crippen LogP contribution < -0.4 is 4.74 Å². The molecule has 2 heterocycles. The van der Waals surface area contributed by atoms with E-state index < -0.39 is 0 Å². The van der Waals surface area contributed by atoms with E-state index in [9.17, 15) is 9.18 Å². The molecule has 0 saturated carbocycles. The minimum atomic E-state index is -0.274. The second kappa shape index (κ2) is 11.2. The van der Waals surface area contributed by atoms with E-state index >= 15 is 0 Å². The molecule has 2 aliphatic rings. The van der Waals surface area contributed by atoms with Crippen LogP contribution in [0, 0.1) is 23.6 Å². The zero-order chi connectivity index (χ0) is 19.6. The van der Waals surface area contributed by atoms with Gasteiger partial charge in [0.25, 0.3) is 0 Å². The van der Waals surface area contributed by atoms with Crippen LogP contribution in [0.4, 0.5) is 4.39 Å². The highest BCUT2D eigenvalue weighted by Crippen LogP contribution is 2.21. The molecule has 0 unspecified atom stereocenters. The highest BCUT2D eigenvalue weighted by molar-refractivity contribution is 5.81. The number of halogens is 1. The predicted octanol–water partition coefficient (Wildman–Crippen LogP) is 4.31. The monoisotopic (exact) mass is 388 g/mol. The highest BCUT2D eigenvalue weighted by Gasteiger charge is 2.21. The van der Waals surface area contributed by atoms with Crippen molar-refractivity contribution < 1.29 is 23.4 Å². The third-order valence-corrected chi connectivity index (χ3v) is 5.28. The number of carbonyl (C=O) groups is 1. The first-order chi connectivity index (χ1) is 13.7. The second-order valence-corrected chi connectivity index (χ2v) is 7.47. The number of ether oxygens (including phenoxy) is 3. The molecule has 4 nitrogen and oxygen atoms in total. The van der Waals surface area contributed by atoms with Crippen LogP contribution in [-0.2, 0) is 14.3 Å². The fourth-order valence-corrected chi connectivity index (χ4v) is 3.61. The van der Waals surface area contributed by atoms with Crippen LogP contribution in [0.25, 0.3) is 0 Å². The molecule has 28 heavy (non-hydrogen) atoms. The smallest absolute Gasteiger partial charge is 0.137 e. The van der Waals surface area contributed by atoms with Crippen LogP contribution in [0.2, 0.25) is 0 Å². The predicted molar refractivity (Wildman–Crippen MR) is 105 cm³/mol. The molecule has 0 radical (unpaired) electrons. The molecule has 152 valence electrons. The summed E-state index contributed by atoms with van der Waals surface area (Å²) in [5, 5.41) is 0. The zero-order valence-electron chi connectivity index (χ0n) is 16.3. The molecule has 3 rings (SSSR count). The highest BCUT2D eigenvalue weighted by atomic mass is 19.1. The van der Waals surface area contributed by atoms with Gasteiger partial charge in [0.1, 0.15) is 30.1 Å². The molecule has 0 aromatic heterocycles. The van der Waals surface area contributed by atoms with Gasteiger partial charge in [-0.05, 0) is 56.4 Å². The third-order valence-electron chi connectivity index (χ3n) is 5.28. The average molecular weight is 388 g/mol. The minimum absolute atomic E-state index is 0.0178. The van der Waals surface area contributed by atoms with Gasteiger partial charge in [-0.3, -0.25) is 4.79 Å². The van der Waals surface area contributed by atoms with E-state index in [2.05, 4.69) is 11.8 Å². The summed E-state index contributed by atoms with van der Waals surface area (Å²) in [5.74, 6) is 7.17. The van der Waals surface area contributed by atoms with Crippen molar-refractivity contribution >= 4 is 5.78 Å². The van der Waals surface area contributed by atoms with E-state index in [4.69, 9.17) is 14.2 Å². The molecule has 2 atom stereocenters. The average Bonchev–Trinajstić information content (AvgIpc) is 2.96. The van der Waals surface area contributed by atoms with Crippen LogP contribution >= 0.6 is 0 Å². The normalized spacial score (nSPS) is 23.3. The van der Waals surface area contributed by atoms with Crippen molar-refractivity contribution in [3.63, 3.8) is 0 Å². The van der Waals surface area contributed by atoms with Crippen LogP contribution in [0.3, 0.4) is 0 Å². The Morgan fingerprint density at radius 2 is 1.86 bits per heavy atom. The first-order valence-electron chi connectivity index (χ1n) is 10.3. The lowest BCUT2D eigenvalue weighted by Crippen LogP contribution is -2.25. The van der Waals surface area contributed by atoms with Crippen molar-refractivity contribution in [3.05, 3.63) is 30.1 Å². The molecular formula is C23H29FO4. The summed E-state index contributed by atoms with van der Waals surface area (Å²) in [6, 6.07) is 6.02. The van der Waals surface area contributed by atoms with Gasteiger partial charge in [-0.2, -0.15) is 0 Å². The molecule has 2 saturated heterocycles. The summed E-state index contributed by atoms with van der Waals surface area (Å²) in [4.78, 5) is 12.2. The van der Waals surface area contributed by atoms with Gasteiger partial charge in [0, 0.05) is 32.0 Å². The van der Waals surface area contributed by atoms with Gasteiger partial charge in [-0.25, -0.2) is 4.39 Å². The van der Waals surface area contributed by atoms with E-state index in [0.29, 0.717) is 44.2 Å².